The third kappa shape index (κ3) is 2.72. The molecule has 0 spiro atoms. The number of benzene rings is 1. The molecule has 0 aliphatic carbocycles. The summed E-state index contributed by atoms with van der Waals surface area (Å²) in [5.74, 6) is 0.922. The number of nitrogens with zero attached hydrogens (tertiary/aromatic N) is 2. The Morgan fingerprint density at radius 2 is 1.89 bits per heavy atom. The van der Waals surface area contributed by atoms with Gasteiger partial charge in [-0.3, -0.25) is 0 Å². The van der Waals surface area contributed by atoms with Crippen LogP contribution < -0.4 is 11.1 Å². The second-order valence-electron chi connectivity index (χ2n) is 4.64. The molecular formula is C15H22N4. The van der Waals surface area contributed by atoms with E-state index in [1.165, 1.54) is 11.1 Å². The van der Waals surface area contributed by atoms with Gasteiger partial charge in [-0.05, 0) is 31.4 Å². The third-order valence-electron chi connectivity index (χ3n) is 3.42. The Balaban J connectivity index is 2.19. The van der Waals surface area contributed by atoms with Crippen molar-refractivity contribution in [1.82, 2.24) is 9.78 Å². The second kappa shape index (κ2) is 5.78. The molecule has 2 rings (SSSR count). The summed E-state index contributed by atoms with van der Waals surface area (Å²) in [5.41, 5.74) is 10.4. The molecule has 4 heteroatoms. The minimum Gasteiger partial charge on any atom is -0.394 e. The zero-order valence-electron chi connectivity index (χ0n) is 11.9. The number of nitrogen functional groups attached to an aromatic ring is 1. The van der Waals surface area contributed by atoms with Crippen LogP contribution in [0.25, 0.3) is 0 Å². The van der Waals surface area contributed by atoms with Gasteiger partial charge in [-0.25, -0.2) is 4.68 Å². The zero-order valence-corrected chi connectivity index (χ0v) is 11.9. The average molecular weight is 258 g/mol. The van der Waals surface area contributed by atoms with Crippen molar-refractivity contribution in [3.8, 4) is 0 Å². The molecule has 1 aromatic heterocycles. The van der Waals surface area contributed by atoms with Gasteiger partial charge in [-0.1, -0.05) is 31.2 Å². The normalized spacial score (nSPS) is 10.7. The number of rotatable bonds is 5. The van der Waals surface area contributed by atoms with Gasteiger partial charge in [0.15, 0.2) is 0 Å². The highest BCUT2D eigenvalue weighted by molar-refractivity contribution is 5.64. The van der Waals surface area contributed by atoms with Crippen molar-refractivity contribution in [3.05, 3.63) is 41.1 Å². The fourth-order valence-corrected chi connectivity index (χ4v) is 2.26. The Morgan fingerprint density at radius 3 is 2.53 bits per heavy atom. The molecule has 0 amide bonds. The van der Waals surface area contributed by atoms with Crippen LogP contribution in [0.3, 0.4) is 0 Å². The summed E-state index contributed by atoms with van der Waals surface area (Å²) < 4.78 is 1.92. The topological polar surface area (TPSA) is 55.9 Å². The number of nitrogens with one attached hydrogen (secondary N) is 1. The molecule has 0 saturated carbocycles. The summed E-state index contributed by atoms with van der Waals surface area (Å²) in [6.07, 6.45) is 1.04. The number of hydrogen-bond donors (Lipinski definition) is 2. The van der Waals surface area contributed by atoms with Crippen LogP contribution in [-0.4, -0.2) is 9.78 Å². The number of aromatic nitrogens is 2. The molecule has 19 heavy (non-hydrogen) atoms. The molecule has 0 aliphatic rings. The molecule has 0 radical (unpaired) electrons. The minimum absolute atomic E-state index is 0.746. The molecule has 102 valence electrons. The smallest absolute Gasteiger partial charge is 0.148 e. The van der Waals surface area contributed by atoms with Gasteiger partial charge in [0.1, 0.15) is 5.82 Å². The summed E-state index contributed by atoms with van der Waals surface area (Å²) in [7, 11) is 0. The molecule has 2 aromatic rings. The Bertz CT molecular complexity index is 557. The molecule has 0 aliphatic heterocycles. The second-order valence-corrected chi connectivity index (χ2v) is 4.64. The van der Waals surface area contributed by atoms with Gasteiger partial charge < -0.3 is 11.1 Å². The highest BCUT2D eigenvalue weighted by atomic mass is 15.3. The standard InChI is InChI=1S/C15H22N4/c1-4-12-8-6-7-9-13(12)10-17-15-14(16)11(3)18-19(15)5-2/h6-9,17H,4-5,10,16H2,1-3H3. The van der Waals surface area contributed by atoms with E-state index in [0.29, 0.717) is 0 Å². The van der Waals surface area contributed by atoms with E-state index in [-0.39, 0.29) is 0 Å². The van der Waals surface area contributed by atoms with Crippen LogP contribution in [0.1, 0.15) is 30.7 Å². The lowest BCUT2D eigenvalue weighted by Crippen LogP contribution is -2.09. The highest BCUT2D eigenvalue weighted by Gasteiger charge is 2.11. The molecule has 1 heterocycles. The van der Waals surface area contributed by atoms with Crippen LogP contribution in [0.4, 0.5) is 11.5 Å². The molecule has 0 bridgehead atoms. The molecule has 1 aromatic carbocycles. The fourth-order valence-electron chi connectivity index (χ4n) is 2.26. The van der Waals surface area contributed by atoms with Crippen LogP contribution in [0.2, 0.25) is 0 Å². The average Bonchev–Trinajstić information content (AvgIpc) is 2.72. The summed E-state index contributed by atoms with van der Waals surface area (Å²) in [5, 5.41) is 7.83. The SMILES string of the molecule is CCc1ccccc1CNc1c(N)c(C)nn1CC. The van der Waals surface area contributed by atoms with E-state index in [9.17, 15) is 0 Å². The minimum atomic E-state index is 0.746. The third-order valence-corrected chi connectivity index (χ3v) is 3.42. The molecule has 3 N–H and O–H groups in total. The van der Waals surface area contributed by atoms with E-state index < -0.39 is 0 Å². The molecule has 0 atom stereocenters. The maximum Gasteiger partial charge on any atom is 0.148 e. The van der Waals surface area contributed by atoms with Gasteiger partial charge in [0.25, 0.3) is 0 Å². The molecular weight excluding hydrogens is 236 g/mol. The van der Waals surface area contributed by atoms with Crippen molar-refractivity contribution < 1.29 is 0 Å². The monoisotopic (exact) mass is 258 g/mol. The number of aryl methyl sites for hydroxylation is 3. The first-order valence-electron chi connectivity index (χ1n) is 6.80. The van der Waals surface area contributed by atoms with E-state index in [1.807, 2.05) is 11.6 Å². The van der Waals surface area contributed by atoms with Gasteiger partial charge in [0, 0.05) is 13.1 Å². The molecule has 0 saturated heterocycles. The maximum atomic E-state index is 6.07. The molecule has 0 fully saturated rings. The molecule has 4 nitrogen and oxygen atoms in total. The Kier molecular flexibility index (Phi) is 4.10. The van der Waals surface area contributed by atoms with Crippen LogP contribution in [-0.2, 0) is 19.5 Å². The van der Waals surface area contributed by atoms with Crippen LogP contribution >= 0.6 is 0 Å². The van der Waals surface area contributed by atoms with E-state index in [0.717, 1.165) is 36.7 Å². The van der Waals surface area contributed by atoms with Crippen molar-refractivity contribution in [1.29, 1.82) is 0 Å². The fraction of sp³-hybridized carbons (Fsp3) is 0.400. The van der Waals surface area contributed by atoms with Crippen molar-refractivity contribution in [2.75, 3.05) is 11.1 Å². The predicted octanol–water partition coefficient (Wildman–Crippen LogP) is 2.97. The largest absolute Gasteiger partial charge is 0.394 e. The van der Waals surface area contributed by atoms with Gasteiger partial charge in [0.2, 0.25) is 0 Å². The van der Waals surface area contributed by atoms with Crippen molar-refractivity contribution in [2.45, 2.75) is 40.3 Å². The first-order chi connectivity index (χ1) is 9.17. The van der Waals surface area contributed by atoms with Crippen molar-refractivity contribution in [3.63, 3.8) is 0 Å². The highest BCUT2D eigenvalue weighted by Crippen LogP contribution is 2.23. The van der Waals surface area contributed by atoms with E-state index in [2.05, 4.69) is 48.5 Å². The Labute approximate surface area is 114 Å². The lowest BCUT2D eigenvalue weighted by Gasteiger charge is -2.12. The summed E-state index contributed by atoms with van der Waals surface area (Å²) in [6, 6.07) is 8.48. The summed E-state index contributed by atoms with van der Waals surface area (Å²) >= 11 is 0. The van der Waals surface area contributed by atoms with Gasteiger partial charge in [-0.2, -0.15) is 5.10 Å². The maximum absolute atomic E-state index is 6.07. The Morgan fingerprint density at radius 1 is 1.21 bits per heavy atom. The van der Waals surface area contributed by atoms with E-state index in [4.69, 9.17) is 5.73 Å². The molecule has 0 unspecified atom stereocenters. The van der Waals surface area contributed by atoms with E-state index in [1.54, 1.807) is 0 Å². The quantitative estimate of drug-likeness (QED) is 0.867. The van der Waals surface area contributed by atoms with Crippen molar-refractivity contribution >= 4 is 11.5 Å². The number of anilines is 2. The number of nitrogens with two attached hydrogens (primary N) is 1. The van der Waals surface area contributed by atoms with Crippen LogP contribution in [0.5, 0.6) is 0 Å². The number of hydrogen-bond acceptors (Lipinski definition) is 3. The van der Waals surface area contributed by atoms with Crippen molar-refractivity contribution in [2.24, 2.45) is 0 Å². The Hall–Kier alpha value is -1.97. The first-order valence-corrected chi connectivity index (χ1v) is 6.80. The van der Waals surface area contributed by atoms with Gasteiger partial charge in [-0.15, -0.1) is 0 Å². The summed E-state index contributed by atoms with van der Waals surface area (Å²) in [4.78, 5) is 0. The van der Waals surface area contributed by atoms with Gasteiger partial charge >= 0.3 is 0 Å². The van der Waals surface area contributed by atoms with Crippen LogP contribution in [0, 0.1) is 6.92 Å². The summed E-state index contributed by atoms with van der Waals surface area (Å²) in [6.45, 7) is 7.77. The zero-order chi connectivity index (χ0) is 13.8. The lowest BCUT2D eigenvalue weighted by molar-refractivity contribution is 0.657. The predicted molar refractivity (Wildman–Crippen MR) is 80.2 cm³/mol. The van der Waals surface area contributed by atoms with E-state index >= 15 is 0 Å². The van der Waals surface area contributed by atoms with Crippen LogP contribution in [0.15, 0.2) is 24.3 Å². The lowest BCUT2D eigenvalue weighted by atomic mass is 10.1. The first kappa shape index (κ1) is 13.5. The van der Waals surface area contributed by atoms with Gasteiger partial charge in [0.05, 0.1) is 11.4 Å².